The predicted molar refractivity (Wildman–Crippen MR) is 103 cm³/mol. The Bertz CT molecular complexity index is 806. The zero-order valence-corrected chi connectivity index (χ0v) is 21.1. The van der Waals surface area contributed by atoms with Crippen LogP contribution in [0.5, 0.6) is 0 Å². The number of amides is 2. The molecule has 0 aromatic heterocycles. The van der Waals surface area contributed by atoms with Crippen molar-refractivity contribution in [2.24, 2.45) is 10.2 Å². The van der Waals surface area contributed by atoms with Gasteiger partial charge in [0.15, 0.2) is 0 Å². The Kier molecular flexibility index (Phi) is 8.99. The Morgan fingerprint density at radius 3 is 2.00 bits per heavy atom. The maximum Gasteiger partial charge on any atom is 0.378 e. The molecule has 0 unspecified atom stereocenters. The third kappa shape index (κ3) is 8.36. The van der Waals surface area contributed by atoms with E-state index in [9.17, 15) is 4.79 Å². The normalized spacial score (nSPS) is 9.96. The number of carbonyl (C=O) groups is 1. The quantitative estimate of drug-likeness (QED) is 0.250. The first-order valence-corrected chi connectivity index (χ1v) is 11.3. The molecule has 2 amide bonds. The number of anilines is 1. The van der Waals surface area contributed by atoms with Crippen LogP contribution in [0.2, 0.25) is 0 Å². The van der Waals surface area contributed by atoms with E-state index < -0.39 is 6.03 Å². The van der Waals surface area contributed by atoms with Crippen LogP contribution in [0.15, 0.2) is 99.6 Å². The number of benzene rings is 3. The van der Waals surface area contributed by atoms with Crippen molar-refractivity contribution in [1.29, 1.82) is 0 Å². The van der Waals surface area contributed by atoms with Crippen molar-refractivity contribution in [3.63, 3.8) is 0 Å². The van der Waals surface area contributed by atoms with E-state index in [4.69, 9.17) is 0 Å². The second-order valence-electron chi connectivity index (χ2n) is 5.08. The SMILES string of the molecule is Brc1cc[c]([Hg])cc1.O=C(N=Nc1ccccc1)NNc1ccccc1. The molecular weight excluding hydrogens is 581 g/mol. The Morgan fingerprint density at radius 1 is 0.846 bits per heavy atom. The molecule has 0 bridgehead atoms. The molecular formula is C19H16BrHgN4O. The Balaban J connectivity index is 0.000000254. The smallest absolute Gasteiger partial charge is 0.297 e. The van der Waals surface area contributed by atoms with Crippen LogP contribution in [0.25, 0.3) is 0 Å². The molecule has 2 N–H and O–H groups in total. The van der Waals surface area contributed by atoms with E-state index in [1.165, 1.54) is 7.54 Å². The second-order valence-corrected chi connectivity index (χ2v) is 9.17. The molecule has 0 radical (unpaired) electrons. The number of azo groups is 1. The van der Waals surface area contributed by atoms with Crippen LogP contribution >= 0.6 is 15.9 Å². The van der Waals surface area contributed by atoms with Crippen molar-refractivity contribution in [1.82, 2.24) is 5.43 Å². The van der Waals surface area contributed by atoms with Crippen LogP contribution in [-0.2, 0) is 26.1 Å². The maximum atomic E-state index is 11.4. The summed E-state index contributed by atoms with van der Waals surface area (Å²) >= 11 is 4.15. The topological polar surface area (TPSA) is 65.8 Å². The molecule has 0 aliphatic rings. The number of nitrogens with one attached hydrogen (secondary N) is 2. The number of hydrogen-bond acceptors (Lipinski definition) is 3. The van der Waals surface area contributed by atoms with Gasteiger partial charge in [-0.05, 0) is 24.3 Å². The second kappa shape index (κ2) is 11.5. The fourth-order valence-electron chi connectivity index (χ4n) is 1.75. The molecule has 7 heteroatoms. The minimum Gasteiger partial charge on any atom is -0.297 e. The minimum atomic E-state index is -0.553. The molecule has 0 fully saturated rings. The number of hydrogen-bond donors (Lipinski definition) is 2. The summed E-state index contributed by atoms with van der Waals surface area (Å²) in [4.78, 5) is 11.4. The number of carbonyl (C=O) groups excluding carboxylic acids is 1. The summed E-state index contributed by atoms with van der Waals surface area (Å²) in [5.74, 6) is 0. The van der Waals surface area contributed by atoms with Crippen LogP contribution in [0.4, 0.5) is 16.2 Å². The van der Waals surface area contributed by atoms with Crippen molar-refractivity contribution in [3.05, 3.63) is 89.4 Å². The number of rotatable bonds is 3. The van der Waals surface area contributed by atoms with Gasteiger partial charge in [-0.25, -0.2) is 10.2 Å². The maximum absolute atomic E-state index is 11.4. The average molecular weight is 597 g/mol. The van der Waals surface area contributed by atoms with Crippen molar-refractivity contribution >= 4 is 36.4 Å². The first kappa shape index (κ1) is 20.3. The van der Waals surface area contributed by atoms with Gasteiger partial charge in [0.2, 0.25) is 0 Å². The average Bonchev–Trinajstić information content (AvgIpc) is 2.69. The van der Waals surface area contributed by atoms with E-state index in [0.717, 1.165) is 31.8 Å². The van der Waals surface area contributed by atoms with Crippen molar-refractivity contribution in [2.45, 2.75) is 0 Å². The van der Waals surface area contributed by atoms with Gasteiger partial charge in [-0.15, -0.1) is 5.11 Å². The molecule has 0 spiro atoms. The molecule has 3 aromatic rings. The Labute approximate surface area is 177 Å². The van der Waals surface area contributed by atoms with E-state index in [1.807, 2.05) is 48.5 Å². The van der Waals surface area contributed by atoms with Crippen molar-refractivity contribution in [3.8, 4) is 0 Å². The summed E-state index contributed by atoms with van der Waals surface area (Å²) in [6.07, 6.45) is 0. The summed E-state index contributed by atoms with van der Waals surface area (Å²) in [5.41, 5.74) is 6.56. The van der Waals surface area contributed by atoms with E-state index >= 15 is 0 Å². The van der Waals surface area contributed by atoms with Gasteiger partial charge in [-0.2, -0.15) is 0 Å². The number of nitrogens with zero attached hydrogens (tertiary/aromatic N) is 2. The Morgan fingerprint density at radius 2 is 1.42 bits per heavy atom. The third-order valence-corrected chi connectivity index (χ3v) is 5.37. The first-order valence-electron chi connectivity index (χ1n) is 7.79. The molecule has 0 saturated heterocycles. The van der Waals surface area contributed by atoms with E-state index in [2.05, 4.69) is 61.3 Å². The Hall–Kier alpha value is -2.05. The van der Waals surface area contributed by atoms with Gasteiger partial charge in [0.25, 0.3) is 0 Å². The number of halogens is 1. The minimum absolute atomic E-state index is 0.553. The molecule has 0 atom stereocenters. The predicted octanol–water partition coefficient (Wildman–Crippen LogP) is 5.13. The molecule has 0 aliphatic carbocycles. The number of urea groups is 1. The van der Waals surface area contributed by atoms with Gasteiger partial charge < -0.3 is 0 Å². The molecule has 0 aliphatic heterocycles. The van der Waals surface area contributed by atoms with Gasteiger partial charge in [-0.3, -0.25) is 5.43 Å². The van der Waals surface area contributed by atoms with Gasteiger partial charge in [0, 0.05) is 0 Å². The summed E-state index contributed by atoms with van der Waals surface area (Å²) < 4.78 is 2.67. The number of para-hydroxylation sites is 1. The summed E-state index contributed by atoms with van der Waals surface area (Å²) in [6.45, 7) is 0. The molecule has 0 heterocycles. The zero-order chi connectivity index (χ0) is 18.6. The molecule has 26 heavy (non-hydrogen) atoms. The van der Waals surface area contributed by atoms with E-state index in [0.29, 0.717) is 5.69 Å². The van der Waals surface area contributed by atoms with Crippen LogP contribution in [0.1, 0.15) is 0 Å². The van der Waals surface area contributed by atoms with Gasteiger partial charge >= 0.3 is 79.9 Å². The molecule has 3 aromatic carbocycles. The monoisotopic (exact) mass is 597 g/mol. The van der Waals surface area contributed by atoms with Crippen LogP contribution < -0.4 is 13.9 Å². The largest absolute Gasteiger partial charge is 0.378 e. The molecule has 0 saturated carbocycles. The van der Waals surface area contributed by atoms with Crippen LogP contribution in [-0.4, -0.2) is 6.03 Å². The van der Waals surface area contributed by atoms with Gasteiger partial charge in [0.05, 0.1) is 11.4 Å². The van der Waals surface area contributed by atoms with Crippen molar-refractivity contribution < 1.29 is 30.9 Å². The first-order chi connectivity index (χ1) is 12.6. The fraction of sp³-hybridized carbons (Fsp3) is 0. The summed E-state index contributed by atoms with van der Waals surface area (Å²) in [5, 5.41) is 7.31. The van der Waals surface area contributed by atoms with Gasteiger partial charge in [0.1, 0.15) is 0 Å². The summed E-state index contributed by atoms with van der Waals surface area (Å²) in [6, 6.07) is 26.3. The van der Waals surface area contributed by atoms with Crippen molar-refractivity contribution in [2.75, 3.05) is 5.43 Å². The molecule has 3 rings (SSSR count). The zero-order valence-electron chi connectivity index (χ0n) is 14.0. The van der Waals surface area contributed by atoms with Gasteiger partial charge in [-0.1, -0.05) is 41.5 Å². The van der Waals surface area contributed by atoms with Crippen LogP contribution in [0.3, 0.4) is 0 Å². The molecule has 5 nitrogen and oxygen atoms in total. The van der Waals surface area contributed by atoms with Crippen LogP contribution in [0, 0.1) is 0 Å². The molecule has 127 valence electrons. The fourth-order valence-corrected chi connectivity index (χ4v) is 2.93. The standard InChI is InChI=1S/C13H12N4O.C6H4Br.Hg/c18-13(16-14-11-7-3-1-4-8-11)17-15-12-9-5-2-6-10-12;7-6-4-2-1-3-5-6;/h1-10,14H,(H,16,18);2-5H;. The third-order valence-electron chi connectivity index (χ3n) is 3.01. The number of hydrazine groups is 1. The summed E-state index contributed by atoms with van der Waals surface area (Å²) in [7, 11) is 0. The van der Waals surface area contributed by atoms with E-state index in [-0.39, 0.29) is 0 Å². The van der Waals surface area contributed by atoms with E-state index in [1.54, 1.807) is 12.1 Å².